The number of amides is 2. The van der Waals surface area contributed by atoms with Crippen LogP contribution >= 0.6 is 15.9 Å². The number of halogens is 2. The minimum absolute atomic E-state index is 0.176. The van der Waals surface area contributed by atoms with E-state index < -0.39 is 6.04 Å². The summed E-state index contributed by atoms with van der Waals surface area (Å²) in [5.41, 5.74) is 2.73. The van der Waals surface area contributed by atoms with Crippen LogP contribution in [0.5, 0.6) is 5.75 Å². The SMILES string of the molecule is CNC(=O)[C@H](C)N(Cc1ccc(F)cc1)C(=O)COc1cc(C)c(Br)c(C)c1. The smallest absolute Gasteiger partial charge is 0.261 e. The first-order valence-electron chi connectivity index (χ1n) is 8.88. The molecule has 28 heavy (non-hydrogen) atoms. The van der Waals surface area contributed by atoms with Crippen molar-refractivity contribution in [3.05, 3.63) is 63.4 Å². The van der Waals surface area contributed by atoms with Crippen molar-refractivity contribution in [2.24, 2.45) is 0 Å². The van der Waals surface area contributed by atoms with Crippen LogP contribution in [0.1, 0.15) is 23.6 Å². The summed E-state index contributed by atoms with van der Waals surface area (Å²) in [6, 6.07) is 8.83. The fraction of sp³-hybridized carbons (Fsp3) is 0.333. The van der Waals surface area contributed by atoms with Gasteiger partial charge >= 0.3 is 0 Å². The third-order valence-electron chi connectivity index (χ3n) is 4.45. The van der Waals surface area contributed by atoms with E-state index in [1.54, 1.807) is 19.1 Å². The zero-order chi connectivity index (χ0) is 20.8. The third kappa shape index (κ3) is 5.55. The summed E-state index contributed by atoms with van der Waals surface area (Å²) in [5, 5.41) is 2.55. The second-order valence-electron chi connectivity index (χ2n) is 6.60. The molecule has 0 radical (unpaired) electrons. The van der Waals surface area contributed by atoms with Crippen LogP contribution in [-0.4, -0.2) is 36.4 Å². The summed E-state index contributed by atoms with van der Waals surface area (Å²) in [7, 11) is 1.52. The second kappa shape index (κ2) is 9.68. The van der Waals surface area contributed by atoms with Crippen molar-refractivity contribution in [2.75, 3.05) is 13.7 Å². The second-order valence-corrected chi connectivity index (χ2v) is 7.39. The number of rotatable bonds is 7. The Kier molecular flexibility index (Phi) is 7.57. The number of hydrogen-bond donors (Lipinski definition) is 1. The lowest BCUT2D eigenvalue weighted by atomic mass is 10.1. The molecule has 2 aromatic carbocycles. The Labute approximate surface area is 173 Å². The topological polar surface area (TPSA) is 58.6 Å². The number of carbonyl (C=O) groups is 2. The van der Waals surface area contributed by atoms with Crippen molar-refractivity contribution in [1.29, 1.82) is 0 Å². The van der Waals surface area contributed by atoms with Gasteiger partial charge in [0.1, 0.15) is 17.6 Å². The highest BCUT2D eigenvalue weighted by atomic mass is 79.9. The van der Waals surface area contributed by atoms with E-state index in [1.165, 1.54) is 24.1 Å². The van der Waals surface area contributed by atoms with E-state index in [-0.39, 0.29) is 30.8 Å². The van der Waals surface area contributed by atoms with Crippen LogP contribution in [0.3, 0.4) is 0 Å². The fourth-order valence-electron chi connectivity index (χ4n) is 2.80. The lowest BCUT2D eigenvalue weighted by Gasteiger charge is -2.28. The molecule has 7 heteroatoms. The molecule has 0 aliphatic carbocycles. The Morgan fingerprint density at radius 2 is 1.75 bits per heavy atom. The van der Waals surface area contributed by atoms with E-state index in [0.29, 0.717) is 5.75 Å². The summed E-state index contributed by atoms with van der Waals surface area (Å²) < 4.78 is 19.8. The summed E-state index contributed by atoms with van der Waals surface area (Å²) in [6.45, 7) is 5.51. The highest BCUT2D eigenvalue weighted by Crippen LogP contribution is 2.26. The lowest BCUT2D eigenvalue weighted by Crippen LogP contribution is -2.48. The van der Waals surface area contributed by atoms with Gasteiger partial charge in [0.15, 0.2) is 6.61 Å². The number of nitrogens with one attached hydrogen (secondary N) is 1. The maximum absolute atomic E-state index is 13.2. The minimum Gasteiger partial charge on any atom is -0.484 e. The average molecular weight is 451 g/mol. The minimum atomic E-state index is -0.695. The van der Waals surface area contributed by atoms with Gasteiger partial charge < -0.3 is 15.0 Å². The van der Waals surface area contributed by atoms with E-state index in [1.807, 2.05) is 26.0 Å². The Balaban J connectivity index is 2.16. The molecular formula is C21H24BrFN2O3. The van der Waals surface area contributed by atoms with Crippen molar-refractivity contribution in [2.45, 2.75) is 33.4 Å². The quantitative estimate of drug-likeness (QED) is 0.698. The molecule has 0 aliphatic heterocycles. The maximum Gasteiger partial charge on any atom is 0.261 e. The highest BCUT2D eigenvalue weighted by Gasteiger charge is 2.26. The monoisotopic (exact) mass is 450 g/mol. The number of nitrogens with zero attached hydrogens (tertiary/aromatic N) is 1. The molecule has 2 rings (SSSR count). The molecule has 0 unspecified atom stereocenters. The van der Waals surface area contributed by atoms with Gasteiger partial charge in [0.25, 0.3) is 5.91 Å². The van der Waals surface area contributed by atoms with Crippen LogP contribution in [-0.2, 0) is 16.1 Å². The molecular weight excluding hydrogens is 427 g/mol. The number of carbonyl (C=O) groups excluding carboxylic acids is 2. The first-order chi connectivity index (χ1) is 13.2. The van der Waals surface area contributed by atoms with Gasteiger partial charge in [-0.2, -0.15) is 0 Å². The van der Waals surface area contributed by atoms with Crippen molar-refractivity contribution in [3.8, 4) is 5.75 Å². The fourth-order valence-corrected chi connectivity index (χ4v) is 3.02. The lowest BCUT2D eigenvalue weighted by molar-refractivity contribution is -0.142. The normalized spacial score (nSPS) is 11.6. The predicted molar refractivity (Wildman–Crippen MR) is 110 cm³/mol. The molecule has 0 heterocycles. The standard InChI is InChI=1S/C21H24BrFN2O3/c1-13-9-18(10-14(2)20(13)22)28-12-19(26)25(15(3)21(27)24-4)11-16-5-7-17(23)8-6-16/h5-10,15H,11-12H2,1-4H3,(H,24,27)/t15-/m0/s1. The number of likely N-dealkylation sites (N-methyl/N-ethyl adjacent to an activating group) is 1. The van der Waals surface area contributed by atoms with Gasteiger partial charge in [-0.25, -0.2) is 4.39 Å². The van der Waals surface area contributed by atoms with Crippen LogP contribution in [0.2, 0.25) is 0 Å². The summed E-state index contributed by atoms with van der Waals surface area (Å²) in [5.74, 6) is -0.393. The first kappa shape index (κ1) is 21.9. The van der Waals surface area contributed by atoms with Crippen molar-refractivity contribution >= 4 is 27.7 Å². The van der Waals surface area contributed by atoms with Gasteiger partial charge in [-0.05, 0) is 61.7 Å². The zero-order valence-corrected chi connectivity index (χ0v) is 18.0. The molecule has 0 saturated heterocycles. The Morgan fingerprint density at radius 3 is 2.29 bits per heavy atom. The van der Waals surface area contributed by atoms with Crippen LogP contribution in [0.25, 0.3) is 0 Å². The van der Waals surface area contributed by atoms with Gasteiger partial charge in [0.2, 0.25) is 5.91 Å². The average Bonchev–Trinajstić information content (AvgIpc) is 2.68. The maximum atomic E-state index is 13.2. The van der Waals surface area contributed by atoms with E-state index in [0.717, 1.165) is 21.2 Å². The van der Waals surface area contributed by atoms with Crippen LogP contribution < -0.4 is 10.1 Å². The Morgan fingerprint density at radius 1 is 1.18 bits per heavy atom. The molecule has 1 N–H and O–H groups in total. The summed E-state index contributed by atoms with van der Waals surface area (Å²) >= 11 is 3.50. The first-order valence-corrected chi connectivity index (χ1v) is 9.67. The van der Waals surface area contributed by atoms with E-state index >= 15 is 0 Å². The molecule has 1 atom stereocenters. The number of aryl methyl sites for hydroxylation is 2. The summed E-state index contributed by atoms with van der Waals surface area (Å²) in [4.78, 5) is 26.3. The number of hydrogen-bond acceptors (Lipinski definition) is 3. The zero-order valence-electron chi connectivity index (χ0n) is 16.4. The molecule has 0 aromatic heterocycles. The van der Waals surface area contributed by atoms with Crippen molar-refractivity contribution in [1.82, 2.24) is 10.2 Å². The Hall–Kier alpha value is -2.41. The van der Waals surface area contributed by atoms with Crippen LogP contribution in [0.15, 0.2) is 40.9 Å². The van der Waals surface area contributed by atoms with Crippen LogP contribution in [0, 0.1) is 19.7 Å². The molecule has 0 bridgehead atoms. The predicted octanol–water partition coefficient (Wildman–Crippen LogP) is 3.75. The Bertz CT molecular complexity index is 832. The molecule has 5 nitrogen and oxygen atoms in total. The van der Waals surface area contributed by atoms with Gasteiger partial charge in [0.05, 0.1) is 0 Å². The molecule has 0 spiro atoms. The molecule has 0 aliphatic rings. The van der Waals surface area contributed by atoms with E-state index in [9.17, 15) is 14.0 Å². The van der Waals surface area contributed by atoms with Crippen molar-refractivity contribution < 1.29 is 18.7 Å². The summed E-state index contributed by atoms with van der Waals surface area (Å²) in [6.07, 6.45) is 0. The van der Waals surface area contributed by atoms with E-state index in [4.69, 9.17) is 4.74 Å². The van der Waals surface area contributed by atoms with E-state index in [2.05, 4.69) is 21.2 Å². The van der Waals surface area contributed by atoms with Gasteiger partial charge in [-0.15, -0.1) is 0 Å². The molecule has 2 aromatic rings. The molecule has 150 valence electrons. The van der Waals surface area contributed by atoms with Gasteiger partial charge in [-0.1, -0.05) is 28.1 Å². The largest absolute Gasteiger partial charge is 0.484 e. The molecule has 2 amide bonds. The number of benzene rings is 2. The highest BCUT2D eigenvalue weighted by molar-refractivity contribution is 9.10. The molecule has 0 saturated carbocycles. The number of ether oxygens (including phenoxy) is 1. The van der Waals surface area contributed by atoms with Gasteiger partial charge in [0, 0.05) is 18.1 Å². The van der Waals surface area contributed by atoms with Crippen molar-refractivity contribution in [3.63, 3.8) is 0 Å². The van der Waals surface area contributed by atoms with Gasteiger partial charge in [-0.3, -0.25) is 9.59 Å². The third-order valence-corrected chi connectivity index (χ3v) is 5.70. The van der Waals surface area contributed by atoms with Crippen LogP contribution in [0.4, 0.5) is 4.39 Å². The molecule has 0 fully saturated rings.